The Morgan fingerprint density at radius 3 is 2.38 bits per heavy atom. The molecule has 1 N–H and O–H groups in total. The Bertz CT molecular complexity index is 229. The fraction of sp³-hybridized carbons (Fsp3) is 1.00. The SMILES string of the molecule is CCNC(CN(CC1CC1)C1CC1)C1CC1. The number of rotatable bonds is 8. The maximum Gasteiger partial charge on any atom is 0.0223 e. The Labute approximate surface area is 99.8 Å². The highest BCUT2D eigenvalue weighted by Gasteiger charge is 2.38. The third-order valence-corrected chi connectivity index (χ3v) is 4.34. The molecular formula is C14H26N2. The van der Waals surface area contributed by atoms with Gasteiger partial charge in [-0.25, -0.2) is 0 Å². The van der Waals surface area contributed by atoms with Crippen LogP contribution in [0.2, 0.25) is 0 Å². The van der Waals surface area contributed by atoms with E-state index >= 15 is 0 Å². The first-order valence-corrected chi connectivity index (χ1v) is 7.34. The highest BCUT2D eigenvalue weighted by molar-refractivity contribution is 4.94. The molecule has 0 spiro atoms. The molecule has 0 aromatic carbocycles. The summed E-state index contributed by atoms with van der Waals surface area (Å²) in [6.45, 7) is 6.12. The van der Waals surface area contributed by atoms with Crippen molar-refractivity contribution in [2.24, 2.45) is 11.8 Å². The zero-order valence-electron chi connectivity index (χ0n) is 10.6. The molecule has 3 aliphatic carbocycles. The molecule has 2 nitrogen and oxygen atoms in total. The predicted molar refractivity (Wildman–Crippen MR) is 67.5 cm³/mol. The van der Waals surface area contributed by atoms with Crippen LogP contribution in [0.4, 0.5) is 0 Å². The van der Waals surface area contributed by atoms with Crippen molar-refractivity contribution in [1.82, 2.24) is 10.2 Å². The van der Waals surface area contributed by atoms with Crippen molar-refractivity contribution in [3.8, 4) is 0 Å². The Morgan fingerprint density at radius 2 is 1.88 bits per heavy atom. The summed E-state index contributed by atoms with van der Waals surface area (Å²) in [7, 11) is 0. The Hall–Kier alpha value is -0.0800. The van der Waals surface area contributed by atoms with Crippen LogP contribution in [0.1, 0.15) is 45.4 Å². The lowest BCUT2D eigenvalue weighted by atomic mass is 10.1. The lowest BCUT2D eigenvalue weighted by molar-refractivity contribution is 0.215. The molecule has 1 atom stereocenters. The zero-order chi connectivity index (χ0) is 11.0. The maximum absolute atomic E-state index is 3.71. The van der Waals surface area contributed by atoms with Gasteiger partial charge in [-0.3, -0.25) is 4.90 Å². The molecule has 3 saturated carbocycles. The van der Waals surface area contributed by atoms with E-state index in [4.69, 9.17) is 0 Å². The molecule has 3 fully saturated rings. The number of nitrogens with one attached hydrogen (secondary N) is 1. The molecule has 0 aromatic heterocycles. The van der Waals surface area contributed by atoms with E-state index in [1.807, 2.05) is 0 Å². The fourth-order valence-electron chi connectivity index (χ4n) is 2.84. The molecule has 92 valence electrons. The number of hydrogen-bond acceptors (Lipinski definition) is 2. The number of likely N-dealkylation sites (N-methyl/N-ethyl adjacent to an activating group) is 1. The molecule has 0 bridgehead atoms. The first-order valence-electron chi connectivity index (χ1n) is 7.34. The Morgan fingerprint density at radius 1 is 1.12 bits per heavy atom. The van der Waals surface area contributed by atoms with Crippen LogP contribution in [0.5, 0.6) is 0 Å². The first-order chi connectivity index (χ1) is 7.86. The van der Waals surface area contributed by atoms with E-state index in [1.54, 1.807) is 0 Å². The topological polar surface area (TPSA) is 15.3 Å². The summed E-state index contributed by atoms with van der Waals surface area (Å²) in [4.78, 5) is 2.81. The summed E-state index contributed by atoms with van der Waals surface area (Å²) in [6.07, 6.45) is 8.88. The van der Waals surface area contributed by atoms with Gasteiger partial charge in [-0.2, -0.15) is 0 Å². The Balaban J connectivity index is 1.50. The van der Waals surface area contributed by atoms with Crippen molar-refractivity contribution in [1.29, 1.82) is 0 Å². The molecule has 16 heavy (non-hydrogen) atoms. The summed E-state index contributed by atoms with van der Waals surface area (Å²) in [5.74, 6) is 2.06. The number of hydrogen-bond donors (Lipinski definition) is 1. The standard InChI is InChI=1S/C14H26N2/c1-2-15-14(12-5-6-12)10-16(13-7-8-13)9-11-3-4-11/h11-15H,2-10H2,1H3. The second kappa shape index (κ2) is 4.66. The third-order valence-electron chi connectivity index (χ3n) is 4.34. The number of nitrogens with zero attached hydrogens (tertiary/aromatic N) is 1. The van der Waals surface area contributed by atoms with Gasteiger partial charge in [0.15, 0.2) is 0 Å². The van der Waals surface area contributed by atoms with Gasteiger partial charge in [0.2, 0.25) is 0 Å². The summed E-state index contributed by atoms with van der Waals surface area (Å²) >= 11 is 0. The average Bonchev–Trinajstić information content (AvgIpc) is 3.16. The van der Waals surface area contributed by atoms with Crippen molar-refractivity contribution >= 4 is 0 Å². The summed E-state index contributed by atoms with van der Waals surface area (Å²) in [5.41, 5.74) is 0. The predicted octanol–water partition coefficient (Wildman–Crippen LogP) is 2.25. The summed E-state index contributed by atoms with van der Waals surface area (Å²) in [5, 5.41) is 3.71. The van der Waals surface area contributed by atoms with Gasteiger partial charge in [0.25, 0.3) is 0 Å². The molecule has 1 unspecified atom stereocenters. The van der Waals surface area contributed by atoms with Gasteiger partial charge in [-0.15, -0.1) is 0 Å². The van der Waals surface area contributed by atoms with Crippen LogP contribution < -0.4 is 5.32 Å². The minimum absolute atomic E-state index is 0.796. The Kier molecular flexibility index (Phi) is 3.21. The average molecular weight is 222 g/mol. The van der Waals surface area contributed by atoms with Gasteiger partial charge in [0.05, 0.1) is 0 Å². The normalized spacial score (nSPS) is 27.4. The molecule has 0 radical (unpaired) electrons. The van der Waals surface area contributed by atoms with Crippen molar-refractivity contribution in [2.45, 2.75) is 57.5 Å². The molecule has 0 aliphatic heterocycles. The largest absolute Gasteiger partial charge is 0.313 e. The molecular weight excluding hydrogens is 196 g/mol. The van der Waals surface area contributed by atoms with Gasteiger partial charge < -0.3 is 5.32 Å². The van der Waals surface area contributed by atoms with Crippen LogP contribution in [-0.2, 0) is 0 Å². The molecule has 0 heterocycles. The van der Waals surface area contributed by atoms with Gasteiger partial charge >= 0.3 is 0 Å². The van der Waals surface area contributed by atoms with Crippen molar-refractivity contribution < 1.29 is 0 Å². The van der Waals surface area contributed by atoms with E-state index in [0.29, 0.717) is 0 Å². The molecule has 2 heteroatoms. The highest BCUT2D eigenvalue weighted by Crippen LogP contribution is 2.37. The molecule has 3 rings (SSSR count). The highest BCUT2D eigenvalue weighted by atomic mass is 15.2. The lowest BCUT2D eigenvalue weighted by Gasteiger charge is -2.28. The molecule has 0 aromatic rings. The minimum Gasteiger partial charge on any atom is -0.313 e. The van der Waals surface area contributed by atoms with E-state index in [0.717, 1.165) is 30.5 Å². The van der Waals surface area contributed by atoms with Gasteiger partial charge in [-0.1, -0.05) is 6.92 Å². The van der Waals surface area contributed by atoms with Crippen LogP contribution in [0.15, 0.2) is 0 Å². The van der Waals surface area contributed by atoms with E-state index in [-0.39, 0.29) is 0 Å². The van der Waals surface area contributed by atoms with Crippen LogP contribution in [0.3, 0.4) is 0 Å². The maximum atomic E-state index is 3.71. The molecule has 0 saturated heterocycles. The monoisotopic (exact) mass is 222 g/mol. The van der Waals surface area contributed by atoms with E-state index in [9.17, 15) is 0 Å². The first kappa shape index (κ1) is 11.0. The van der Waals surface area contributed by atoms with Gasteiger partial charge in [0.1, 0.15) is 0 Å². The van der Waals surface area contributed by atoms with E-state index in [1.165, 1.54) is 51.6 Å². The fourth-order valence-corrected chi connectivity index (χ4v) is 2.84. The van der Waals surface area contributed by atoms with Crippen LogP contribution in [-0.4, -0.2) is 36.6 Å². The summed E-state index contributed by atoms with van der Waals surface area (Å²) < 4.78 is 0. The molecule has 3 aliphatic rings. The second-order valence-electron chi connectivity index (χ2n) is 6.13. The molecule has 0 amide bonds. The lowest BCUT2D eigenvalue weighted by Crippen LogP contribution is -2.44. The second-order valence-corrected chi connectivity index (χ2v) is 6.13. The van der Waals surface area contributed by atoms with Crippen LogP contribution >= 0.6 is 0 Å². The van der Waals surface area contributed by atoms with Gasteiger partial charge in [0, 0.05) is 25.2 Å². The van der Waals surface area contributed by atoms with Gasteiger partial charge in [-0.05, 0) is 56.9 Å². The van der Waals surface area contributed by atoms with Crippen molar-refractivity contribution in [2.75, 3.05) is 19.6 Å². The van der Waals surface area contributed by atoms with Crippen molar-refractivity contribution in [3.63, 3.8) is 0 Å². The summed E-state index contributed by atoms with van der Waals surface area (Å²) in [6, 6.07) is 1.75. The van der Waals surface area contributed by atoms with E-state index in [2.05, 4.69) is 17.1 Å². The minimum atomic E-state index is 0.796. The van der Waals surface area contributed by atoms with Crippen LogP contribution in [0.25, 0.3) is 0 Å². The smallest absolute Gasteiger partial charge is 0.0223 e. The van der Waals surface area contributed by atoms with E-state index < -0.39 is 0 Å². The third kappa shape index (κ3) is 2.98. The van der Waals surface area contributed by atoms with Crippen LogP contribution in [0, 0.1) is 11.8 Å². The van der Waals surface area contributed by atoms with Crippen molar-refractivity contribution in [3.05, 3.63) is 0 Å². The quantitative estimate of drug-likeness (QED) is 0.677. The zero-order valence-corrected chi connectivity index (χ0v) is 10.6.